The number of hydrogen-bond donors (Lipinski definition) is 1. The van der Waals surface area contributed by atoms with Crippen molar-refractivity contribution in [2.24, 2.45) is 0 Å². The van der Waals surface area contributed by atoms with E-state index in [0.29, 0.717) is 6.54 Å². The summed E-state index contributed by atoms with van der Waals surface area (Å²) >= 11 is 0. The van der Waals surface area contributed by atoms with Gasteiger partial charge in [-0.3, -0.25) is 9.59 Å². The average molecular weight is 270 g/mol. The molecule has 104 valence electrons. The number of rotatable bonds is 5. The maximum atomic E-state index is 13.4. The average Bonchev–Trinajstić information content (AvgIpc) is 2.38. The highest BCUT2D eigenvalue weighted by atomic mass is 19.2. The molecule has 1 aromatic rings. The van der Waals surface area contributed by atoms with Crippen molar-refractivity contribution in [3.63, 3.8) is 0 Å². The van der Waals surface area contributed by atoms with Crippen LogP contribution in [0.4, 0.5) is 8.78 Å². The van der Waals surface area contributed by atoms with Crippen LogP contribution in [0.1, 0.15) is 23.7 Å². The lowest BCUT2D eigenvalue weighted by Gasteiger charge is -2.17. The van der Waals surface area contributed by atoms with E-state index in [1.807, 2.05) is 6.92 Å². The molecule has 0 aliphatic rings. The van der Waals surface area contributed by atoms with Crippen molar-refractivity contribution in [3.8, 4) is 0 Å². The molecular formula is C13H16F2N2O2. The van der Waals surface area contributed by atoms with Crippen LogP contribution in [-0.4, -0.2) is 36.9 Å². The number of likely N-dealkylation sites (N-methyl/N-ethyl adjacent to an activating group) is 1. The minimum Gasteiger partial charge on any atom is -0.355 e. The maximum Gasteiger partial charge on any atom is 0.257 e. The Hall–Kier alpha value is -1.98. The zero-order chi connectivity index (χ0) is 14.4. The lowest BCUT2D eigenvalue weighted by Crippen LogP contribution is -2.38. The number of carbonyl (C=O) groups excluding carboxylic acids is 2. The molecule has 0 radical (unpaired) electrons. The molecule has 4 nitrogen and oxygen atoms in total. The van der Waals surface area contributed by atoms with Gasteiger partial charge in [-0.15, -0.1) is 0 Å². The van der Waals surface area contributed by atoms with Crippen LogP contribution >= 0.6 is 0 Å². The van der Waals surface area contributed by atoms with Gasteiger partial charge in [-0.1, -0.05) is 13.0 Å². The SMILES string of the molecule is CCCNC(=O)CN(C)C(=O)c1cccc(F)c1F. The molecule has 1 rings (SSSR count). The minimum atomic E-state index is -1.20. The van der Waals surface area contributed by atoms with Gasteiger partial charge in [0.15, 0.2) is 11.6 Å². The lowest BCUT2D eigenvalue weighted by molar-refractivity contribution is -0.121. The molecule has 0 aromatic heterocycles. The number of carbonyl (C=O) groups is 2. The molecule has 0 atom stereocenters. The fraction of sp³-hybridized carbons (Fsp3) is 0.385. The Bertz CT molecular complexity index is 478. The van der Waals surface area contributed by atoms with Crippen LogP contribution in [0.5, 0.6) is 0 Å². The van der Waals surface area contributed by atoms with Gasteiger partial charge < -0.3 is 10.2 Å². The first-order valence-electron chi connectivity index (χ1n) is 5.93. The number of amides is 2. The van der Waals surface area contributed by atoms with E-state index in [-0.39, 0.29) is 18.0 Å². The summed E-state index contributed by atoms with van der Waals surface area (Å²) < 4.78 is 26.4. The predicted molar refractivity (Wildman–Crippen MR) is 66.6 cm³/mol. The van der Waals surface area contributed by atoms with Crippen LogP contribution < -0.4 is 5.32 Å². The Morgan fingerprint density at radius 3 is 2.63 bits per heavy atom. The fourth-order valence-electron chi connectivity index (χ4n) is 1.48. The summed E-state index contributed by atoms with van der Waals surface area (Å²) in [6, 6.07) is 3.36. The Morgan fingerprint density at radius 1 is 1.32 bits per heavy atom. The van der Waals surface area contributed by atoms with E-state index in [1.54, 1.807) is 0 Å². The summed E-state index contributed by atoms with van der Waals surface area (Å²) in [7, 11) is 1.36. The van der Waals surface area contributed by atoms with Crippen LogP contribution in [0, 0.1) is 11.6 Å². The van der Waals surface area contributed by atoms with Gasteiger partial charge in [0.1, 0.15) is 0 Å². The summed E-state index contributed by atoms with van der Waals surface area (Å²) in [4.78, 5) is 24.3. The fourth-order valence-corrected chi connectivity index (χ4v) is 1.48. The van der Waals surface area contributed by atoms with E-state index >= 15 is 0 Å². The van der Waals surface area contributed by atoms with Gasteiger partial charge in [-0.2, -0.15) is 0 Å². The monoisotopic (exact) mass is 270 g/mol. The van der Waals surface area contributed by atoms with E-state index in [1.165, 1.54) is 19.2 Å². The van der Waals surface area contributed by atoms with Gasteiger partial charge in [-0.25, -0.2) is 8.78 Å². The molecule has 1 aromatic carbocycles. The molecule has 0 spiro atoms. The Balaban J connectivity index is 2.72. The summed E-state index contributed by atoms with van der Waals surface area (Å²) in [6.07, 6.45) is 0.780. The van der Waals surface area contributed by atoms with Crippen LogP contribution in [0.25, 0.3) is 0 Å². The lowest BCUT2D eigenvalue weighted by atomic mass is 10.2. The topological polar surface area (TPSA) is 49.4 Å². The summed E-state index contributed by atoms with van der Waals surface area (Å²) in [5.41, 5.74) is -0.384. The van der Waals surface area contributed by atoms with Crippen molar-refractivity contribution in [3.05, 3.63) is 35.4 Å². The molecule has 1 N–H and O–H groups in total. The predicted octanol–water partition coefficient (Wildman–Crippen LogP) is 1.56. The zero-order valence-electron chi connectivity index (χ0n) is 10.9. The van der Waals surface area contributed by atoms with Crippen molar-refractivity contribution >= 4 is 11.8 Å². The van der Waals surface area contributed by atoms with E-state index < -0.39 is 17.5 Å². The van der Waals surface area contributed by atoms with Crippen molar-refractivity contribution in [1.82, 2.24) is 10.2 Å². The summed E-state index contributed by atoms with van der Waals surface area (Å²) in [5.74, 6) is -3.36. The van der Waals surface area contributed by atoms with Crippen molar-refractivity contribution in [2.75, 3.05) is 20.1 Å². The smallest absolute Gasteiger partial charge is 0.257 e. The minimum absolute atomic E-state index is 0.200. The molecule has 0 saturated heterocycles. The molecule has 0 fully saturated rings. The zero-order valence-corrected chi connectivity index (χ0v) is 10.9. The normalized spacial score (nSPS) is 10.1. The van der Waals surface area contributed by atoms with Crippen LogP contribution in [0.3, 0.4) is 0 Å². The van der Waals surface area contributed by atoms with Crippen molar-refractivity contribution in [2.45, 2.75) is 13.3 Å². The number of nitrogens with one attached hydrogen (secondary N) is 1. The van der Waals surface area contributed by atoms with Gasteiger partial charge in [0.2, 0.25) is 5.91 Å². The molecule has 0 bridgehead atoms. The molecular weight excluding hydrogens is 254 g/mol. The first-order chi connectivity index (χ1) is 8.97. The van der Waals surface area contributed by atoms with Crippen molar-refractivity contribution < 1.29 is 18.4 Å². The quantitative estimate of drug-likeness (QED) is 0.882. The Kier molecular flexibility index (Phi) is 5.41. The second kappa shape index (κ2) is 6.82. The maximum absolute atomic E-state index is 13.4. The Morgan fingerprint density at radius 2 is 2.00 bits per heavy atom. The molecule has 0 aliphatic heterocycles. The van der Waals surface area contributed by atoms with Gasteiger partial charge in [-0.05, 0) is 18.6 Å². The van der Waals surface area contributed by atoms with Gasteiger partial charge in [0, 0.05) is 13.6 Å². The molecule has 6 heteroatoms. The van der Waals surface area contributed by atoms with Crippen molar-refractivity contribution in [1.29, 1.82) is 0 Å². The van der Waals surface area contributed by atoms with Crippen LogP contribution in [-0.2, 0) is 4.79 Å². The third-order valence-electron chi connectivity index (χ3n) is 2.48. The molecule has 0 aliphatic carbocycles. The van der Waals surface area contributed by atoms with Gasteiger partial charge >= 0.3 is 0 Å². The highest BCUT2D eigenvalue weighted by molar-refractivity contribution is 5.96. The third-order valence-corrected chi connectivity index (χ3v) is 2.48. The third kappa shape index (κ3) is 4.01. The highest BCUT2D eigenvalue weighted by Crippen LogP contribution is 2.13. The van der Waals surface area contributed by atoms with Crippen LogP contribution in [0.15, 0.2) is 18.2 Å². The number of nitrogens with zero attached hydrogens (tertiary/aromatic N) is 1. The second-order valence-corrected chi connectivity index (χ2v) is 4.11. The van der Waals surface area contributed by atoms with E-state index in [9.17, 15) is 18.4 Å². The molecule has 2 amide bonds. The summed E-state index contributed by atoms with van der Waals surface area (Å²) in [5, 5.41) is 2.59. The molecule has 19 heavy (non-hydrogen) atoms. The first kappa shape index (κ1) is 15.1. The molecule has 0 unspecified atom stereocenters. The standard InChI is InChI=1S/C13H16F2N2O2/c1-3-7-16-11(18)8-17(2)13(19)9-5-4-6-10(14)12(9)15/h4-6H,3,7-8H2,1-2H3,(H,16,18). The van der Waals surface area contributed by atoms with E-state index in [2.05, 4.69) is 5.32 Å². The van der Waals surface area contributed by atoms with Gasteiger partial charge in [0.25, 0.3) is 5.91 Å². The molecule has 0 saturated carbocycles. The highest BCUT2D eigenvalue weighted by Gasteiger charge is 2.20. The van der Waals surface area contributed by atoms with E-state index in [4.69, 9.17) is 0 Å². The summed E-state index contributed by atoms with van der Waals surface area (Å²) in [6.45, 7) is 2.21. The largest absolute Gasteiger partial charge is 0.355 e. The number of halogens is 2. The van der Waals surface area contributed by atoms with E-state index in [0.717, 1.165) is 17.4 Å². The number of hydrogen-bond acceptors (Lipinski definition) is 2. The molecule has 0 heterocycles. The van der Waals surface area contributed by atoms with Crippen LogP contribution in [0.2, 0.25) is 0 Å². The number of benzene rings is 1. The Labute approximate surface area is 110 Å². The first-order valence-corrected chi connectivity index (χ1v) is 5.93. The second-order valence-electron chi connectivity index (χ2n) is 4.11. The van der Waals surface area contributed by atoms with Gasteiger partial charge in [0.05, 0.1) is 12.1 Å².